The minimum Gasteiger partial charge on any atom is -0.481 e. The van der Waals surface area contributed by atoms with E-state index in [4.69, 9.17) is 13.9 Å². The smallest absolute Gasteiger partial charge is 0.291 e. The average molecular weight is 465 g/mol. The SMILES string of the molecule is COc1ncc(N2CCc3ncnc(OC4CCN(C(=O)c5oc(C)nc5C)C4)c3C2)cc1C. The van der Waals surface area contributed by atoms with E-state index in [1.807, 2.05) is 13.1 Å². The summed E-state index contributed by atoms with van der Waals surface area (Å²) in [6.07, 6.45) is 4.75. The Kier molecular flexibility index (Phi) is 5.80. The molecule has 0 spiro atoms. The van der Waals surface area contributed by atoms with E-state index in [0.717, 1.165) is 41.9 Å². The summed E-state index contributed by atoms with van der Waals surface area (Å²) in [5.74, 6) is 1.86. The van der Waals surface area contributed by atoms with Gasteiger partial charge in [-0.15, -0.1) is 0 Å². The van der Waals surface area contributed by atoms with E-state index in [-0.39, 0.29) is 12.0 Å². The third-order valence-corrected chi connectivity index (χ3v) is 6.35. The summed E-state index contributed by atoms with van der Waals surface area (Å²) in [6.45, 7) is 8.04. The van der Waals surface area contributed by atoms with E-state index in [0.29, 0.717) is 48.7 Å². The summed E-state index contributed by atoms with van der Waals surface area (Å²) in [6, 6.07) is 2.08. The fourth-order valence-electron chi connectivity index (χ4n) is 4.61. The number of likely N-dealkylation sites (tertiary alicyclic amines) is 1. The van der Waals surface area contributed by atoms with Gasteiger partial charge in [-0.2, -0.15) is 0 Å². The lowest BCUT2D eigenvalue weighted by Gasteiger charge is -2.31. The number of hydrogen-bond donors (Lipinski definition) is 0. The van der Waals surface area contributed by atoms with Gasteiger partial charge in [0.05, 0.1) is 49.0 Å². The van der Waals surface area contributed by atoms with E-state index in [1.54, 1.807) is 32.2 Å². The molecule has 0 aliphatic carbocycles. The highest BCUT2D eigenvalue weighted by atomic mass is 16.5. The van der Waals surface area contributed by atoms with Crippen LogP contribution in [0.5, 0.6) is 11.8 Å². The van der Waals surface area contributed by atoms with Gasteiger partial charge in [0.1, 0.15) is 12.4 Å². The number of carbonyl (C=O) groups is 1. The first kappa shape index (κ1) is 22.1. The topological polar surface area (TPSA) is 107 Å². The van der Waals surface area contributed by atoms with Crippen LogP contribution in [0.3, 0.4) is 0 Å². The molecule has 1 atom stereocenters. The van der Waals surface area contributed by atoms with Crippen LogP contribution in [0.4, 0.5) is 5.69 Å². The van der Waals surface area contributed by atoms with Crippen LogP contribution in [-0.2, 0) is 13.0 Å². The van der Waals surface area contributed by atoms with Crippen LogP contribution in [0, 0.1) is 20.8 Å². The molecule has 5 heterocycles. The number of methoxy groups -OCH3 is 1. The first-order valence-corrected chi connectivity index (χ1v) is 11.4. The summed E-state index contributed by atoms with van der Waals surface area (Å²) in [5, 5.41) is 0. The minimum atomic E-state index is -0.150. The molecule has 1 fully saturated rings. The summed E-state index contributed by atoms with van der Waals surface area (Å²) >= 11 is 0. The number of aromatic nitrogens is 4. The lowest BCUT2D eigenvalue weighted by atomic mass is 10.1. The summed E-state index contributed by atoms with van der Waals surface area (Å²) in [5.41, 5.74) is 4.60. The first-order valence-electron chi connectivity index (χ1n) is 11.4. The summed E-state index contributed by atoms with van der Waals surface area (Å²) in [4.78, 5) is 34.4. The lowest BCUT2D eigenvalue weighted by molar-refractivity contribution is 0.0737. The Labute approximate surface area is 197 Å². The largest absolute Gasteiger partial charge is 0.481 e. The molecule has 10 heteroatoms. The minimum absolute atomic E-state index is 0.146. The Morgan fingerprint density at radius 3 is 2.74 bits per heavy atom. The van der Waals surface area contributed by atoms with E-state index in [1.165, 1.54) is 0 Å². The Hall–Kier alpha value is -3.69. The Morgan fingerprint density at radius 2 is 2.00 bits per heavy atom. The van der Waals surface area contributed by atoms with Crippen molar-refractivity contribution in [2.24, 2.45) is 0 Å². The van der Waals surface area contributed by atoms with Crippen LogP contribution in [0.25, 0.3) is 0 Å². The molecule has 0 radical (unpaired) electrons. The lowest BCUT2D eigenvalue weighted by Crippen LogP contribution is -2.33. The third-order valence-electron chi connectivity index (χ3n) is 6.35. The Bertz CT molecular complexity index is 1230. The molecule has 1 amide bonds. The maximum Gasteiger partial charge on any atom is 0.291 e. The molecule has 0 aromatic carbocycles. The van der Waals surface area contributed by atoms with Crippen molar-refractivity contribution in [3.63, 3.8) is 0 Å². The van der Waals surface area contributed by atoms with Crippen LogP contribution in [0.2, 0.25) is 0 Å². The molecule has 2 aliphatic rings. The highest BCUT2D eigenvalue weighted by Crippen LogP contribution is 2.31. The second kappa shape index (κ2) is 8.92. The van der Waals surface area contributed by atoms with Crippen LogP contribution in [-0.4, -0.2) is 63.6 Å². The standard InChI is InChI=1S/C24H28N6O4/c1-14-9-17(10-25-22(14)32-4)29-8-6-20-19(12-29)23(27-13-26-20)34-18-5-7-30(11-18)24(31)21-15(2)28-16(3)33-21/h9-10,13,18H,5-8,11-12H2,1-4H3. The molecule has 0 bridgehead atoms. The predicted octanol–water partition coefficient (Wildman–Crippen LogP) is 2.65. The van der Waals surface area contributed by atoms with E-state index < -0.39 is 0 Å². The van der Waals surface area contributed by atoms with Crippen molar-refractivity contribution < 1.29 is 18.7 Å². The van der Waals surface area contributed by atoms with Crippen LogP contribution in [0.15, 0.2) is 23.0 Å². The van der Waals surface area contributed by atoms with E-state index in [2.05, 4.69) is 30.9 Å². The molecule has 34 heavy (non-hydrogen) atoms. The normalized spacial score (nSPS) is 17.6. The number of carbonyl (C=O) groups excluding carboxylic acids is 1. The molecule has 3 aromatic heterocycles. The fraction of sp³-hybridized carbons (Fsp3) is 0.458. The molecule has 0 N–H and O–H groups in total. The number of rotatable bonds is 5. The Balaban J connectivity index is 1.30. The van der Waals surface area contributed by atoms with Crippen LogP contribution < -0.4 is 14.4 Å². The van der Waals surface area contributed by atoms with Crippen molar-refractivity contribution >= 4 is 11.6 Å². The van der Waals surface area contributed by atoms with Crippen molar-refractivity contribution in [2.45, 2.75) is 46.3 Å². The van der Waals surface area contributed by atoms with E-state index in [9.17, 15) is 4.79 Å². The van der Waals surface area contributed by atoms with Crippen molar-refractivity contribution in [1.82, 2.24) is 24.8 Å². The number of aryl methyl sites for hydroxylation is 3. The fourth-order valence-corrected chi connectivity index (χ4v) is 4.61. The number of ether oxygens (including phenoxy) is 2. The predicted molar refractivity (Wildman–Crippen MR) is 123 cm³/mol. The molecule has 1 saturated heterocycles. The van der Waals surface area contributed by atoms with Gasteiger partial charge in [0.25, 0.3) is 5.91 Å². The first-order chi connectivity index (χ1) is 16.4. The number of oxazole rings is 1. The van der Waals surface area contributed by atoms with Gasteiger partial charge >= 0.3 is 0 Å². The second-order valence-electron chi connectivity index (χ2n) is 8.72. The monoisotopic (exact) mass is 464 g/mol. The van der Waals surface area contributed by atoms with Gasteiger partial charge in [-0.3, -0.25) is 4.79 Å². The third kappa shape index (κ3) is 4.15. The van der Waals surface area contributed by atoms with Gasteiger partial charge in [0, 0.05) is 38.4 Å². The molecular weight excluding hydrogens is 436 g/mol. The number of amides is 1. The summed E-state index contributed by atoms with van der Waals surface area (Å²) in [7, 11) is 1.62. The number of fused-ring (bicyclic) bond motifs is 1. The van der Waals surface area contributed by atoms with Crippen LogP contribution in [0.1, 0.15) is 45.4 Å². The van der Waals surface area contributed by atoms with Gasteiger partial charge in [0.15, 0.2) is 5.89 Å². The maximum atomic E-state index is 12.9. The number of pyridine rings is 1. The van der Waals surface area contributed by atoms with Crippen molar-refractivity contribution in [3.05, 3.63) is 52.8 Å². The quantitative estimate of drug-likeness (QED) is 0.563. The molecule has 2 aliphatic heterocycles. The molecule has 3 aromatic rings. The molecule has 1 unspecified atom stereocenters. The zero-order valence-electron chi connectivity index (χ0n) is 19.9. The zero-order chi connectivity index (χ0) is 23.8. The highest BCUT2D eigenvalue weighted by molar-refractivity contribution is 5.92. The Morgan fingerprint density at radius 1 is 1.15 bits per heavy atom. The zero-order valence-corrected chi connectivity index (χ0v) is 19.9. The molecule has 178 valence electrons. The second-order valence-corrected chi connectivity index (χ2v) is 8.72. The van der Waals surface area contributed by atoms with Crippen molar-refractivity contribution in [3.8, 4) is 11.8 Å². The number of hydrogen-bond acceptors (Lipinski definition) is 9. The van der Waals surface area contributed by atoms with E-state index >= 15 is 0 Å². The van der Waals surface area contributed by atoms with Crippen molar-refractivity contribution in [1.29, 1.82) is 0 Å². The number of nitrogens with zero attached hydrogens (tertiary/aromatic N) is 6. The molecule has 10 nitrogen and oxygen atoms in total. The number of anilines is 1. The van der Waals surface area contributed by atoms with Gasteiger partial charge in [0.2, 0.25) is 17.5 Å². The van der Waals surface area contributed by atoms with Crippen molar-refractivity contribution in [2.75, 3.05) is 31.6 Å². The highest BCUT2D eigenvalue weighted by Gasteiger charge is 2.32. The average Bonchev–Trinajstić information content (AvgIpc) is 3.44. The van der Waals surface area contributed by atoms with Gasteiger partial charge in [-0.05, 0) is 19.9 Å². The van der Waals surface area contributed by atoms with Gasteiger partial charge in [-0.1, -0.05) is 0 Å². The van der Waals surface area contributed by atoms with Gasteiger partial charge in [-0.25, -0.2) is 19.9 Å². The maximum absolute atomic E-state index is 12.9. The molecule has 0 saturated carbocycles. The van der Waals surface area contributed by atoms with Gasteiger partial charge < -0.3 is 23.7 Å². The van der Waals surface area contributed by atoms with Crippen LogP contribution >= 0.6 is 0 Å². The summed E-state index contributed by atoms with van der Waals surface area (Å²) < 4.78 is 17.1. The molecular formula is C24H28N6O4. The molecule has 5 rings (SSSR count).